The summed E-state index contributed by atoms with van der Waals surface area (Å²) in [5.41, 5.74) is 2.93. The second-order valence-electron chi connectivity index (χ2n) is 11.2. The molecule has 0 unspecified atom stereocenters. The van der Waals surface area contributed by atoms with E-state index in [1.807, 2.05) is 18.2 Å². The molecule has 2 aromatic heterocycles. The van der Waals surface area contributed by atoms with Crippen molar-refractivity contribution in [3.05, 3.63) is 56.9 Å². The van der Waals surface area contributed by atoms with Crippen molar-refractivity contribution in [3.8, 4) is 17.1 Å². The Hall–Kier alpha value is -2.69. The third-order valence-corrected chi connectivity index (χ3v) is 11.1. The van der Waals surface area contributed by atoms with Gasteiger partial charge in [-0.2, -0.15) is 0 Å². The van der Waals surface area contributed by atoms with E-state index in [0.29, 0.717) is 36.4 Å². The number of hydrogen-bond acceptors (Lipinski definition) is 7. The number of carbonyl (C=O) groups is 1. The van der Waals surface area contributed by atoms with Crippen LogP contribution < -0.4 is 10.3 Å². The van der Waals surface area contributed by atoms with Gasteiger partial charge in [-0.3, -0.25) is 0 Å². The van der Waals surface area contributed by atoms with Gasteiger partial charge in [-0.25, -0.2) is 0 Å². The Morgan fingerprint density at radius 2 is 1.97 bits per heavy atom. The van der Waals surface area contributed by atoms with Crippen LogP contribution in [0.3, 0.4) is 0 Å². The number of fused-ring (bicyclic) bond motifs is 5. The zero-order chi connectivity index (χ0) is 26.5. The van der Waals surface area contributed by atoms with Crippen LogP contribution in [0, 0.1) is 0 Å². The first-order chi connectivity index (χ1) is 17.6. The standard InChI is InChI=1S/C28H34GeN2O6/c1-5-28(35)22-14-24-25-20(15-31(24)26(33)21(22)16-37-27(28)34)18(9-10-29(2,3)4)19-13-17(36-12-6-11-32)7-8-23(19)30-25/h7-8,13-14,32,35H,5-6,9-12,15-16H2,1-4H3/t28-/m0/s1. The Morgan fingerprint density at radius 1 is 1.19 bits per heavy atom. The van der Waals surface area contributed by atoms with E-state index in [1.165, 1.54) is 5.56 Å². The van der Waals surface area contributed by atoms with E-state index in [0.717, 1.165) is 39.6 Å². The summed E-state index contributed by atoms with van der Waals surface area (Å²) in [7, 11) is 0. The number of aryl methyl sites for hydroxylation is 1. The SMILES string of the molecule is CC[C@@]1(O)C(=O)OCc2c1cc1n(c2=O)Cc2c-1nc1ccc(OCCCO)cc1c2C[CH2][Ge]([CH3])([CH3])[CH3]. The van der Waals surface area contributed by atoms with Gasteiger partial charge in [0.1, 0.15) is 0 Å². The number of ether oxygens (including phenoxy) is 2. The summed E-state index contributed by atoms with van der Waals surface area (Å²) in [6.07, 6.45) is 1.56. The summed E-state index contributed by atoms with van der Waals surface area (Å²) in [6.45, 7) is 2.46. The number of aliphatic hydroxyl groups is 2. The van der Waals surface area contributed by atoms with Crippen molar-refractivity contribution >= 4 is 30.1 Å². The molecule has 37 heavy (non-hydrogen) atoms. The zero-order valence-corrected chi connectivity index (χ0v) is 24.0. The van der Waals surface area contributed by atoms with Crippen LogP contribution in [0.2, 0.25) is 22.5 Å². The molecule has 0 amide bonds. The van der Waals surface area contributed by atoms with Gasteiger partial charge in [-0.05, 0) is 0 Å². The fraction of sp³-hybridized carbons (Fsp3) is 0.464. The molecule has 2 aliphatic rings. The number of esters is 1. The molecule has 3 aromatic rings. The summed E-state index contributed by atoms with van der Waals surface area (Å²) >= 11 is -1.90. The third-order valence-electron chi connectivity index (χ3n) is 7.47. The molecule has 2 N–H and O–H groups in total. The molecule has 2 aliphatic heterocycles. The van der Waals surface area contributed by atoms with E-state index in [4.69, 9.17) is 19.6 Å². The van der Waals surface area contributed by atoms with Crippen LogP contribution in [0.4, 0.5) is 0 Å². The Labute approximate surface area is 218 Å². The van der Waals surface area contributed by atoms with Gasteiger partial charge in [0.15, 0.2) is 0 Å². The molecule has 5 rings (SSSR count). The predicted octanol–water partition coefficient (Wildman–Crippen LogP) is 3.72. The zero-order valence-electron chi connectivity index (χ0n) is 21.9. The van der Waals surface area contributed by atoms with Gasteiger partial charge in [0.2, 0.25) is 0 Å². The van der Waals surface area contributed by atoms with Crippen LogP contribution in [0.25, 0.3) is 22.3 Å². The summed E-state index contributed by atoms with van der Waals surface area (Å²) in [6, 6.07) is 7.60. The molecule has 0 saturated carbocycles. The molecule has 1 aromatic carbocycles. The molecule has 0 radical (unpaired) electrons. The monoisotopic (exact) mass is 568 g/mol. The number of aliphatic hydroxyl groups excluding tert-OH is 1. The third kappa shape index (κ3) is 4.49. The quantitative estimate of drug-likeness (QED) is 0.190. The van der Waals surface area contributed by atoms with Crippen molar-refractivity contribution in [2.24, 2.45) is 0 Å². The Morgan fingerprint density at radius 3 is 2.68 bits per heavy atom. The molecule has 1 atom stereocenters. The van der Waals surface area contributed by atoms with Gasteiger partial charge in [0.25, 0.3) is 0 Å². The number of rotatable bonds is 8. The molecule has 0 fully saturated rings. The number of nitrogens with zero attached hydrogens (tertiary/aromatic N) is 2. The van der Waals surface area contributed by atoms with E-state index in [1.54, 1.807) is 17.6 Å². The van der Waals surface area contributed by atoms with Crippen LogP contribution in [-0.2, 0) is 34.7 Å². The Kier molecular flexibility index (Phi) is 6.70. The first-order valence-corrected chi connectivity index (χ1v) is 20.7. The second-order valence-corrected chi connectivity index (χ2v) is 23.0. The Bertz CT molecular complexity index is 1460. The van der Waals surface area contributed by atoms with Gasteiger partial charge >= 0.3 is 219 Å². The summed E-state index contributed by atoms with van der Waals surface area (Å²) in [5.74, 6) is 7.19. The topological polar surface area (TPSA) is 111 Å². The van der Waals surface area contributed by atoms with Crippen LogP contribution in [0.1, 0.15) is 42.0 Å². The maximum absolute atomic E-state index is 13.6. The maximum atomic E-state index is 13.6. The van der Waals surface area contributed by atoms with E-state index in [-0.39, 0.29) is 25.2 Å². The summed E-state index contributed by atoms with van der Waals surface area (Å²) < 4.78 is 12.8. The summed E-state index contributed by atoms with van der Waals surface area (Å²) in [4.78, 5) is 31.1. The normalized spacial score (nSPS) is 18.4. The van der Waals surface area contributed by atoms with Gasteiger partial charge in [-0.15, -0.1) is 0 Å². The number of pyridine rings is 2. The van der Waals surface area contributed by atoms with Crippen molar-refractivity contribution in [1.82, 2.24) is 9.55 Å². The first-order valence-electron chi connectivity index (χ1n) is 12.9. The predicted molar refractivity (Wildman–Crippen MR) is 144 cm³/mol. The fourth-order valence-corrected chi connectivity index (χ4v) is 7.37. The molecular weight excluding hydrogens is 533 g/mol. The molecular formula is C28H34GeN2O6. The number of cyclic esters (lactones) is 1. The molecule has 0 bridgehead atoms. The molecule has 196 valence electrons. The number of benzene rings is 1. The minimum absolute atomic E-state index is 0.0759. The van der Waals surface area contributed by atoms with E-state index < -0.39 is 24.8 Å². The van der Waals surface area contributed by atoms with Crippen molar-refractivity contribution in [3.63, 3.8) is 0 Å². The van der Waals surface area contributed by atoms with Crippen LogP contribution in [0.15, 0.2) is 29.1 Å². The average molecular weight is 567 g/mol. The van der Waals surface area contributed by atoms with E-state index >= 15 is 0 Å². The molecule has 0 aliphatic carbocycles. The van der Waals surface area contributed by atoms with Gasteiger partial charge < -0.3 is 0 Å². The van der Waals surface area contributed by atoms with Gasteiger partial charge in [-0.1, -0.05) is 0 Å². The second kappa shape index (κ2) is 9.56. The number of hydrogen-bond donors (Lipinski definition) is 2. The van der Waals surface area contributed by atoms with Crippen molar-refractivity contribution < 1.29 is 24.5 Å². The molecule has 0 saturated heterocycles. The van der Waals surface area contributed by atoms with E-state index in [2.05, 4.69) is 17.3 Å². The number of carbonyl (C=O) groups excluding carboxylic acids is 1. The van der Waals surface area contributed by atoms with Gasteiger partial charge in [0, 0.05) is 0 Å². The molecule has 4 heterocycles. The minimum atomic E-state index is -1.90. The van der Waals surface area contributed by atoms with Crippen molar-refractivity contribution in [2.45, 2.75) is 67.5 Å². The molecule has 0 spiro atoms. The molecule has 9 heteroatoms. The fourth-order valence-electron chi connectivity index (χ4n) is 5.27. The van der Waals surface area contributed by atoms with Crippen LogP contribution in [-0.4, -0.2) is 52.2 Å². The van der Waals surface area contributed by atoms with E-state index in [9.17, 15) is 14.7 Å². The average Bonchev–Trinajstić information content (AvgIpc) is 3.22. The number of aromatic nitrogens is 2. The first kappa shape index (κ1) is 25.9. The van der Waals surface area contributed by atoms with Crippen LogP contribution in [0.5, 0.6) is 5.75 Å². The molecule has 8 nitrogen and oxygen atoms in total. The van der Waals surface area contributed by atoms with Crippen molar-refractivity contribution in [1.29, 1.82) is 0 Å². The Balaban J connectivity index is 1.70. The van der Waals surface area contributed by atoms with Gasteiger partial charge in [0.05, 0.1) is 0 Å². The van der Waals surface area contributed by atoms with Crippen LogP contribution >= 0.6 is 0 Å². The summed E-state index contributed by atoms with van der Waals surface area (Å²) in [5, 5.41) is 22.4. The van der Waals surface area contributed by atoms with Crippen molar-refractivity contribution in [2.75, 3.05) is 13.2 Å².